The van der Waals surface area contributed by atoms with E-state index >= 15 is 0 Å². The van der Waals surface area contributed by atoms with Crippen LogP contribution in [0.1, 0.15) is 20.9 Å². The molecular formula is C17H16N3O3S+. The lowest BCUT2D eigenvalue weighted by Crippen LogP contribution is -2.22. The fourth-order valence-electron chi connectivity index (χ4n) is 2.20. The Morgan fingerprint density at radius 2 is 2.00 bits per heavy atom. The number of thiazole rings is 1. The molecule has 122 valence electrons. The molecule has 24 heavy (non-hydrogen) atoms. The predicted octanol–water partition coefficient (Wildman–Crippen LogP) is 1.97. The topological polar surface area (TPSA) is 86.9 Å². The number of aryl methyl sites for hydroxylation is 1. The third kappa shape index (κ3) is 3.21. The van der Waals surface area contributed by atoms with E-state index in [2.05, 4.69) is 10.3 Å². The van der Waals surface area contributed by atoms with Crippen molar-refractivity contribution in [3.63, 3.8) is 0 Å². The van der Waals surface area contributed by atoms with Crippen molar-refractivity contribution in [2.75, 3.05) is 0 Å². The number of hydrogen-bond donors (Lipinski definition) is 1. The monoisotopic (exact) mass is 342 g/mol. The molecule has 0 aliphatic carbocycles. The van der Waals surface area contributed by atoms with E-state index in [1.165, 1.54) is 10.6 Å². The van der Waals surface area contributed by atoms with Gasteiger partial charge in [0.05, 0.1) is 5.69 Å². The molecule has 0 unspecified atom stereocenters. The van der Waals surface area contributed by atoms with E-state index in [1.54, 1.807) is 19.2 Å². The second-order valence-electron chi connectivity index (χ2n) is 5.18. The van der Waals surface area contributed by atoms with Gasteiger partial charge in [-0.1, -0.05) is 41.7 Å². The first-order valence-corrected chi connectivity index (χ1v) is 8.11. The lowest BCUT2D eigenvalue weighted by Gasteiger charge is -2.03. The van der Waals surface area contributed by atoms with Crippen molar-refractivity contribution in [2.24, 2.45) is 0 Å². The van der Waals surface area contributed by atoms with E-state index < -0.39 is 5.56 Å². The van der Waals surface area contributed by atoms with Crippen LogP contribution in [0.25, 0.3) is 5.13 Å². The number of pyridine rings is 1. The first-order valence-electron chi connectivity index (χ1n) is 7.29. The Kier molecular flexibility index (Phi) is 4.43. The number of benzene rings is 1. The van der Waals surface area contributed by atoms with Crippen LogP contribution in [0.4, 0.5) is 0 Å². The summed E-state index contributed by atoms with van der Waals surface area (Å²) in [5.41, 5.74) is 1.11. The molecule has 3 rings (SSSR count). The Morgan fingerprint density at radius 1 is 1.25 bits per heavy atom. The fourth-order valence-corrected chi connectivity index (χ4v) is 3.16. The zero-order valence-electron chi connectivity index (χ0n) is 12.9. The zero-order valence-corrected chi connectivity index (χ0v) is 13.8. The molecule has 3 aromatic rings. The summed E-state index contributed by atoms with van der Waals surface area (Å²) in [5, 5.41) is 10.8. The summed E-state index contributed by atoms with van der Waals surface area (Å²) in [6.45, 7) is 2.15. The average molecular weight is 342 g/mol. The molecule has 0 fully saturated rings. The summed E-state index contributed by atoms with van der Waals surface area (Å²) < 4.78 is 1.29. The van der Waals surface area contributed by atoms with Crippen LogP contribution >= 0.6 is 11.3 Å². The molecule has 2 heterocycles. The van der Waals surface area contributed by atoms with Crippen molar-refractivity contribution in [1.82, 2.24) is 14.9 Å². The van der Waals surface area contributed by atoms with Crippen LogP contribution in [-0.2, 0) is 6.54 Å². The molecule has 7 heteroatoms. The van der Waals surface area contributed by atoms with Gasteiger partial charge in [0.2, 0.25) is 0 Å². The minimum atomic E-state index is -0.456. The van der Waals surface area contributed by atoms with E-state index in [0.29, 0.717) is 22.2 Å². The number of rotatable bonds is 4. The van der Waals surface area contributed by atoms with Crippen molar-refractivity contribution in [2.45, 2.75) is 13.5 Å². The first-order chi connectivity index (χ1) is 11.6. The average Bonchev–Trinajstić information content (AvgIpc) is 2.98. The number of carbonyl (C=O) groups excluding carboxylic acids is 1. The van der Waals surface area contributed by atoms with Gasteiger partial charge in [0.25, 0.3) is 5.91 Å². The minimum Gasteiger partial charge on any atom is -0.589 e. The van der Waals surface area contributed by atoms with E-state index in [0.717, 1.165) is 16.9 Å². The summed E-state index contributed by atoms with van der Waals surface area (Å²) in [6.07, 6.45) is 1.55. The van der Waals surface area contributed by atoms with Crippen LogP contribution in [0.2, 0.25) is 0 Å². The molecule has 0 spiro atoms. The number of nitrogens with zero attached hydrogens (tertiary/aromatic N) is 2. The molecule has 0 aliphatic rings. The molecule has 0 saturated heterocycles. The van der Waals surface area contributed by atoms with Crippen molar-refractivity contribution in [3.8, 4) is 10.9 Å². The maximum absolute atomic E-state index is 12.4. The van der Waals surface area contributed by atoms with Crippen LogP contribution < -0.4 is 10.9 Å². The smallest absolute Gasteiger partial charge is 0.352 e. The summed E-state index contributed by atoms with van der Waals surface area (Å²) in [4.78, 5) is 29.1. The highest BCUT2D eigenvalue weighted by atomic mass is 32.1. The van der Waals surface area contributed by atoms with Crippen molar-refractivity contribution < 1.29 is 9.90 Å². The van der Waals surface area contributed by atoms with E-state index in [-0.39, 0.29) is 11.7 Å². The van der Waals surface area contributed by atoms with Gasteiger partial charge in [-0.15, -0.1) is 0 Å². The highest BCUT2D eigenvalue weighted by Crippen LogP contribution is 2.21. The number of nitrogens with one attached hydrogen (secondary N) is 1. The Balaban J connectivity index is 1.82. The molecule has 0 saturated carbocycles. The van der Waals surface area contributed by atoms with E-state index in [1.807, 2.05) is 30.3 Å². The van der Waals surface area contributed by atoms with Crippen LogP contribution in [0.5, 0.6) is 5.75 Å². The van der Waals surface area contributed by atoms with Gasteiger partial charge in [-0.3, -0.25) is 14.2 Å². The van der Waals surface area contributed by atoms with E-state index in [9.17, 15) is 9.59 Å². The molecule has 0 bridgehead atoms. The summed E-state index contributed by atoms with van der Waals surface area (Å²) >= 11 is 1.14. The molecule has 0 atom stereocenters. The second-order valence-corrected chi connectivity index (χ2v) is 6.15. The van der Waals surface area contributed by atoms with Crippen LogP contribution in [-0.4, -0.2) is 20.6 Å². The van der Waals surface area contributed by atoms with Gasteiger partial charge in [0.15, 0.2) is 5.13 Å². The third-order valence-corrected chi connectivity index (χ3v) is 4.60. The van der Waals surface area contributed by atoms with Crippen LogP contribution in [0, 0.1) is 6.92 Å². The molecule has 0 aliphatic heterocycles. The minimum absolute atomic E-state index is 0.111. The third-order valence-electron chi connectivity index (χ3n) is 3.44. The van der Waals surface area contributed by atoms with Crippen LogP contribution in [0.15, 0.2) is 53.5 Å². The fraction of sp³-hybridized carbons (Fsp3) is 0.118. The molecule has 1 aromatic carbocycles. The molecule has 3 N–H and O–H groups in total. The highest BCUT2D eigenvalue weighted by molar-refractivity contribution is 7.16. The van der Waals surface area contributed by atoms with Gasteiger partial charge in [-0.25, -0.2) is 4.98 Å². The van der Waals surface area contributed by atoms with Gasteiger partial charge in [0, 0.05) is 18.8 Å². The zero-order chi connectivity index (χ0) is 17.1. The largest absolute Gasteiger partial charge is 0.589 e. The summed E-state index contributed by atoms with van der Waals surface area (Å²) in [6, 6.07) is 12.6. The SMILES string of the molecule is Cc1nc(-n2cccc([OH2+])c2=O)sc1C(=O)NCc1ccccc1. The maximum Gasteiger partial charge on any atom is 0.352 e. The maximum atomic E-state index is 12.4. The molecule has 2 aromatic heterocycles. The summed E-state index contributed by atoms with van der Waals surface area (Å²) in [7, 11) is 0. The van der Waals surface area contributed by atoms with Crippen molar-refractivity contribution in [3.05, 3.63) is 75.1 Å². The number of amides is 1. The normalized spacial score (nSPS) is 10.5. The number of aromatic nitrogens is 2. The Hall–Kier alpha value is -2.93. The lowest BCUT2D eigenvalue weighted by molar-refractivity contribution is 0.0954. The lowest BCUT2D eigenvalue weighted by atomic mass is 10.2. The first kappa shape index (κ1) is 15.9. The van der Waals surface area contributed by atoms with Gasteiger partial charge >= 0.3 is 11.3 Å². The Labute approximate surface area is 142 Å². The number of carbonyl (C=O) groups is 1. The highest BCUT2D eigenvalue weighted by Gasteiger charge is 2.18. The van der Waals surface area contributed by atoms with Gasteiger partial charge in [-0.05, 0) is 18.6 Å². The van der Waals surface area contributed by atoms with E-state index in [4.69, 9.17) is 5.11 Å². The number of hydrogen-bond acceptors (Lipinski definition) is 4. The Bertz CT molecular complexity index is 932. The predicted molar refractivity (Wildman–Crippen MR) is 93.1 cm³/mol. The van der Waals surface area contributed by atoms with Gasteiger partial charge in [-0.2, -0.15) is 0 Å². The quantitative estimate of drug-likeness (QED) is 0.735. The standard InChI is InChI=1S/C17H15N3O3S/c1-11-14(15(22)18-10-12-6-3-2-4-7-12)24-17(19-11)20-9-5-8-13(21)16(20)23/h2-9,21H,10H2,1H3,(H,18,22)/p+1. The summed E-state index contributed by atoms with van der Waals surface area (Å²) in [5.74, 6) is -0.337. The second kappa shape index (κ2) is 6.67. The van der Waals surface area contributed by atoms with Crippen LogP contribution in [0.3, 0.4) is 0 Å². The van der Waals surface area contributed by atoms with Crippen molar-refractivity contribution >= 4 is 17.2 Å². The van der Waals surface area contributed by atoms with Gasteiger partial charge in [0.1, 0.15) is 4.88 Å². The molecule has 1 amide bonds. The van der Waals surface area contributed by atoms with Crippen molar-refractivity contribution in [1.29, 1.82) is 0 Å². The van der Waals surface area contributed by atoms with Gasteiger partial charge < -0.3 is 10.4 Å². The molecule has 0 radical (unpaired) electrons. The molecule has 6 nitrogen and oxygen atoms in total. The Morgan fingerprint density at radius 3 is 2.75 bits per heavy atom. The molecular weight excluding hydrogens is 326 g/mol.